The van der Waals surface area contributed by atoms with Gasteiger partial charge in [0.25, 0.3) is 0 Å². The molecule has 2 N–H and O–H groups in total. The van der Waals surface area contributed by atoms with Crippen molar-refractivity contribution >= 4 is 16.7 Å². The Labute approximate surface area is 313 Å². The number of para-hydroxylation sites is 5. The predicted molar refractivity (Wildman–Crippen MR) is 219 cm³/mol. The largest absolute Gasteiger partial charge is 0.457 e. The normalized spacial score (nSPS) is 13.2. The van der Waals surface area contributed by atoms with Gasteiger partial charge in [-0.3, -0.25) is 4.57 Å². The second-order valence-electron chi connectivity index (χ2n) is 14.1. The lowest BCUT2D eigenvalue weighted by Crippen LogP contribution is -2.32. The van der Waals surface area contributed by atoms with E-state index in [1.54, 1.807) is 0 Å². The molecule has 0 saturated heterocycles. The van der Waals surface area contributed by atoms with Gasteiger partial charge in [0.1, 0.15) is 17.3 Å². The zero-order chi connectivity index (χ0) is 35.8. The molecule has 0 fully saturated rings. The zero-order valence-corrected chi connectivity index (χ0v) is 29.3. The van der Waals surface area contributed by atoms with Gasteiger partial charge < -0.3 is 10.5 Å². The number of imidazole rings is 1. The first-order valence-corrected chi connectivity index (χ1v) is 18.3. The first kappa shape index (κ1) is 30.5. The van der Waals surface area contributed by atoms with Crippen LogP contribution in [-0.2, 0) is 5.41 Å². The van der Waals surface area contributed by atoms with Gasteiger partial charge in [0.15, 0.2) is 0 Å². The fraction of sp³-hybridized carbons (Fsp3) is 0.0200. The van der Waals surface area contributed by atoms with Gasteiger partial charge in [-0.15, -0.1) is 0 Å². The Morgan fingerprint density at radius 1 is 0.463 bits per heavy atom. The number of anilines is 1. The number of ether oxygens (including phenoxy) is 1. The van der Waals surface area contributed by atoms with Crippen LogP contribution in [0.1, 0.15) is 22.3 Å². The van der Waals surface area contributed by atoms with Gasteiger partial charge in [0.05, 0.1) is 16.4 Å². The highest BCUT2D eigenvalue weighted by molar-refractivity contribution is 5.98. The molecule has 1 aliphatic heterocycles. The molecule has 11 rings (SSSR count). The summed E-state index contributed by atoms with van der Waals surface area (Å²) in [5.74, 6) is 2.68. The molecule has 0 bridgehead atoms. The third kappa shape index (κ3) is 4.34. The molecule has 2 aliphatic rings. The molecule has 4 heteroatoms. The Morgan fingerprint density at radius 2 is 1.07 bits per heavy atom. The molecule has 9 aromatic rings. The maximum atomic E-state index is 6.61. The minimum atomic E-state index is -0.563. The van der Waals surface area contributed by atoms with Gasteiger partial charge in [-0.25, -0.2) is 4.98 Å². The van der Waals surface area contributed by atoms with Crippen molar-refractivity contribution in [3.05, 3.63) is 210 Å². The van der Waals surface area contributed by atoms with Crippen molar-refractivity contribution in [3.63, 3.8) is 0 Å². The number of nitrogens with zero attached hydrogens (tertiary/aromatic N) is 2. The molecule has 2 heterocycles. The van der Waals surface area contributed by atoms with Crippen molar-refractivity contribution in [1.82, 2.24) is 9.55 Å². The molecule has 0 saturated carbocycles. The van der Waals surface area contributed by atoms with Crippen molar-refractivity contribution in [2.24, 2.45) is 0 Å². The summed E-state index contributed by atoms with van der Waals surface area (Å²) in [4.78, 5) is 5.14. The molecule has 254 valence electrons. The molecule has 8 aromatic carbocycles. The van der Waals surface area contributed by atoms with Crippen LogP contribution in [0.5, 0.6) is 11.5 Å². The number of hydrogen-bond acceptors (Lipinski definition) is 3. The van der Waals surface area contributed by atoms with Crippen LogP contribution < -0.4 is 10.5 Å². The van der Waals surface area contributed by atoms with Crippen molar-refractivity contribution < 1.29 is 4.74 Å². The molecule has 0 unspecified atom stereocenters. The first-order valence-electron chi connectivity index (χ1n) is 18.3. The number of hydrogen-bond donors (Lipinski definition) is 1. The fourth-order valence-corrected chi connectivity index (χ4v) is 8.91. The quantitative estimate of drug-likeness (QED) is 0.187. The van der Waals surface area contributed by atoms with Crippen LogP contribution >= 0.6 is 0 Å². The summed E-state index contributed by atoms with van der Waals surface area (Å²) >= 11 is 0. The highest BCUT2D eigenvalue weighted by Gasteiger charge is 2.51. The van der Waals surface area contributed by atoms with E-state index in [1.165, 1.54) is 27.8 Å². The maximum Gasteiger partial charge on any atom is 0.145 e. The summed E-state index contributed by atoms with van der Waals surface area (Å²) in [7, 11) is 0. The second-order valence-corrected chi connectivity index (χ2v) is 14.1. The molecule has 54 heavy (non-hydrogen) atoms. The molecule has 0 atom stereocenters. The van der Waals surface area contributed by atoms with E-state index in [1.807, 2.05) is 24.3 Å². The molecular weight excluding hydrogens is 659 g/mol. The Morgan fingerprint density at radius 3 is 1.83 bits per heavy atom. The Kier molecular flexibility index (Phi) is 6.58. The van der Waals surface area contributed by atoms with Gasteiger partial charge in [-0.1, -0.05) is 133 Å². The summed E-state index contributed by atoms with van der Waals surface area (Å²) in [6.07, 6.45) is 0. The number of benzene rings is 8. The van der Waals surface area contributed by atoms with Crippen LogP contribution in [0, 0.1) is 0 Å². The van der Waals surface area contributed by atoms with Crippen molar-refractivity contribution in [2.75, 3.05) is 5.73 Å². The standard InChI is InChI=1S/C50H33N3O/c51-36-28-25-32(26-29-36)35-27-30-40-39(31-35)48-38(13-10-16-43(48)50(40)41-14-4-8-19-46(41)54-47-20-9-5-15-42(47)50)33-21-23-34(24-22-33)49-52-44-17-6-7-18-45(44)53(49)37-11-2-1-3-12-37/h1-31H,51H2. The fourth-order valence-electron chi connectivity index (χ4n) is 8.91. The van der Waals surface area contributed by atoms with E-state index < -0.39 is 5.41 Å². The molecule has 4 nitrogen and oxygen atoms in total. The van der Waals surface area contributed by atoms with Gasteiger partial charge in [0, 0.05) is 28.1 Å². The summed E-state index contributed by atoms with van der Waals surface area (Å²) in [6, 6.07) is 66.7. The Bertz CT molecular complexity index is 2860. The summed E-state index contributed by atoms with van der Waals surface area (Å²) in [5, 5.41) is 0. The van der Waals surface area contributed by atoms with Crippen LogP contribution in [0.15, 0.2) is 188 Å². The number of nitrogen functional groups attached to an aromatic ring is 1. The third-order valence-corrected chi connectivity index (χ3v) is 11.2. The smallest absolute Gasteiger partial charge is 0.145 e. The molecule has 0 radical (unpaired) electrons. The minimum absolute atomic E-state index is 0.563. The topological polar surface area (TPSA) is 53.1 Å². The Hall–Kier alpha value is -7.17. The number of aromatic nitrogens is 2. The van der Waals surface area contributed by atoms with Gasteiger partial charge in [-0.05, 0) is 99.1 Å². The minimum Gasteiger partial charge on any atom is -0.457 e. The monoisotopic (exact) mass is 691 g/mol. The second kappa shape index (κ2) is 11.7. The van der Waals surface area contributed by atoms with E-state index in [0.29, 0.717) is 0 Å². The lowest BCUT2D eigenvalue weighted by atomic mass is 9.66. The molecule has 1 spiro atoms. The van der Waals surface area contributed by atoms with Crippen molar-refractivity contribution in [2.45, 2.75) is 5.41 Å². The van der Waals surface area contributed by atoms with E-state index in [0.717, 1.165) is 73.1 Å². The average Bonchev–Trinajstić information content (AvgIpc) is 3.76. The van der Waals surface area contributed by atoms with Gasteiger partial charge in [-0.2, -0.15) is 0 Å². The lowest BCUT2D eigenvalue weighted by molar-refractivity contribution is 0.436. The van der Waals surface area contributed by atoms with E-state index >= 15 is 0 Å². The highest BCUT2D eigenvalue weighted by atomic mass is 16.5. The van der Waals surface area contributed by atoms with Crippen LogP contribution in [0.2, 0.25) is 0 Å². The summed E-state index contributed by atoms with van der Waals surface area (Å²) in [6.45, 7) is 0. The summed E-state index contributed by atoms with van der Waals surface area (Å²) < 4.78 is 8.87. The summed E-state index contributed by atoms with van der Waals surface area (Å²) in [5.41, 5.74) is 22.4. The average molecular weight is 692 g/mol. The van der Waals surface area contributed by atoms with E-state index in [2.05, 4.69) is 168 Å². The van der Waals surface area contributed by atoms with Crippen molar-refractivity contribution in [3.8, 4) is 62.0 Å². The van der Waals surface area contributed by atoms with Crippen molar-refractivity contribution in [1.29, 1.82) is 0 Å². The van der Waals surface area contributed by atoms with Crippen LogP contribution in [0.4, 0.5) is 5.69 Å². The SMILES string of the molecule is Nc1ccc(-c2ccc3c(c2)-c2c(-c4ccc(-c5nc6ccccc6n5-c5ccccc5)cc4)cccc2C32c3ccccc3Oc3ccccc32)cc1. The van der Waals surface area contributed by atoms with Crippen LogP contribution in [0.3, 0.4) is 0 Å². The zero-order valence-electron chi connectivity index (χ0n) is 29.3. The molecular formula is C50H33N3O. The van der Waals surface area contributed by atoms with E-state index in [9.17, 15) is 0 Å². The number of rotatable bonds is 4. The molecule has 1 aliphatic carbocycles. The first-order chi connectivity index (χ1) is 26.7. The maximum absolute atomic E-state index is 6.61. The number of fused-ring (bicyclic) bond motifs is 10. The van der Waals surface area contributed by atoms with E-state index in [-0.39, 0.29) is 0 Å². The van der Waals surface area contributed by atoms with Crippen LogP contribution in [0.25, 0.3) is 61.5 Å². The molecule has 0 amide bonds. The predicted octanol–water partition coefficient (Wildman–Crippen LogP) is 12.1. The number of nitrogens with two attached hydrogens (primary N) is 1. The lowest BCUT2D eigenvalue weighted by Gasteiger charge is -2.39. The van der Waals surface area contributed by atoms with Gasteiger partial charge in [0.2, 0.25) is 0 Å². The van der Waals surface area contributed by atoms with Gasteiger partial charge >= 0.3 is 0 Å². The Balaban J connectivity index is 1.14. The van der Waals surface area contributed by atoms with Crippen LogP contribution in [-0.4, -0.2) is 9.55 Å². The van der Waals surface area contributed by atoms with E-state index in [4.69, 9.17) is 15.5 Å². The third-order valence-electron chi connectivity index (χ3n) is 11.2. The highest BCUT2D eigenvalue weighted by Crippen LogP contribution is 2.63. The molecule has 1 aromatic heterocycles.